The van der Waals surface area contributed by atoms with Crippen LogP contribution in [-0.2, 0) is 11.8 Å². The second-order valence-corrected chi connectivity index (χ2v) is 7.84. The first-order valence-corrected chi connectivity index (χ1v) is 9.47. The third-order valence-electron chi connectivity index (χ3n) is 6.08. The Morgan fingerprint density at radius 3 is 2.80 bits per heavy atom. The number of hydrogen-bond acceptors (Lipinski definition) is 6. The average Bonchev–Trinajstić information content (AvgIpc) is 3.01. The molecule has 0 aromatic carbocycles. The molecule has 3 fully saturated rings. The third kappa shape index (κ3) is 3.59. The molecule has 1 atom stereocenters. The molecule has 138 valence electrons. The highest BCUT2D eigenvalue weighted by molar-refractivity contribution is 5.36. The molecule has 0 radical (unpaired) electrons. The van der Waals surface area contributed by atoms with Crippen LogP contribution >= 0.6 is 0 Å². The maximum Gasteiger partial charge on any atom is 0.293 e. The zero-order valence-corrected chi connectivity index (χ0v) is 15.1. The average molecular weight is 347 g/mol. The summed E-state index contributed by atoms with van der Waals surface area (Å²) in [6.07, 6.45) is 7.48. The van der Waals surface area contributed by atoms with Crippen molar-refractivity contribution in [1.29, 1.82) is 0 Å². The van der Waals surface area contributed by atoms with Gasteiger partial charge < -0.3 is 19.5 Å². The number of rotatable bonds is 3. The summed E-state index contributed by atoms with van der Waals surface area (Å²) in [6.45, 7) is 7.86. The van der Waals surface area contributed by atoms with Crippen molar-refractivity contribution < 1.29 is 4.74 Å². The molecule has 1 aromatic heterocycles. The number of nitrogens with zero attached hydrogens (tertiary/aromatic N) is 4. The molecule has 1 N–H and O–H groups in total. The van der Waals surface area contributed by atoms with E-state index in [1.165, 1.54) is 19.3 Å². The molecule has 0 bridgehead atoms. The summed E-state index contributed by atoms with van der Waals surface area (Å²) in [6, 6.07) is 0. The number of hydrogen-bond donors (Lipinski definition) is 1. The Balaban J connectivity index is 1.29. The highest BCUT2D eigenvalue weighted by Crippen LogP contribution is 2.40. The molecule has 1 aromatic rings. The highest BCUT2D eigenvalue weighted by Gasteiger charge is 2.41. The summed E-state index contributed by atoms with van der Waals surface area (Å²) < 4.78 is 7.74. The third-order valence-corrected chi connectivity index (χ3v) is 6.08. The topological polar surface area (TPSA) is 62.6 Å². The van der Waals surface area contributed by atoms with E-state index in [0.717, 1.165) is 52.4 Å². The standard InChI is InChI=1S/C18H29N5O2/c1-21-7-6-20-16(17(21)24)23-10-8-22(9-11-23)13-15-12-18(14-25-15)2-4-19-5-3-18/h6-7,15,19H,2-5,8-14H2,1H3. The van der Waals surface area contributed by atoms with Crippen molar-refractivity contribution in [2.45, 2.75) is 25.4 Å². The lowest BCUT2D eigenvalue weighted by atomic mass is 9.77. The van der Waals surface area contributed by atoms with Crippen LogP contribution in [0, 0.1) is 5.41 Å². The zero-order valence-electron chi connectivity index (χ0n) is 15.1. The SMILES string of the molecule is Cn1ccnc(N2CCN(CC3CC4(CCNCC4)CO3)CC2)c1=O. The number of ether oxygens (including phenoxy) is 1. The van der Waals surface area contributed by atoms with Gasteiger partial charge in [-0.15, -0.1) is 0 Å². The van der Waals surface area contributed by atoms with Gasteiger partial charge in [0.2, 0.25) is 0 Å². The van der Waals surface area contributed by atoms with Gasteiger partial charge in [0.05, 0.1) is 12.7 Å². The van der Waals surface area contributed by atoms with E-state index in [2.05, 4.69) is 20.1 Å². The molecule has 1 spiro atoms. The van der Waals surface area contributed by atoms with Crippen LogP contribution in [0.4, 0.5) is 5.82 Å². The molecule has 4 heterocycles. The Kier molecular flexibility index (Phi) is 4.80. The second kappa shape index (κ2) is 7.05. The molecule has 3 saturated heterocycles. The Morgan fingerprint density at radius 2 is 2.04 bits per heavy atom. The summed E-state index contributed by atoms with van der Waals surface area (Å²) in [4.78, 5) is 21.1. The van der Waals surface area contributed by atoms with E-state index in [1.54, 1.807) is 24.0 Å². The van der Waals surface area contributed by atoms with Gasteiger partial charge in [-0.25, -0.2) is 4.98 Å². The number of piperidine rings is 1. The summed E-state index contributed by atoms with van der Waals surface area (Å²) in [7, 11) is 1.78. The first kappa shape index (κ1) is 17.0. The van der Waals surface area contributed by atoms with Gasteiger partial charge in [0, 0.05) is 52.2 Å². The van der Waals surface area contributed by atoms with Crippen LogP contribution in [0.3, 0.4) is 0 Å². The fourth-order valence-electron chi connectivity index (χ4n) is 4.45. The van der Waals surface area contributed by atoms with Crippen LogP contribution in [0.1, 0.15) is 19.3 Å². The molecule has 0 amide bonds. The molecular formula is C18H29N5O2. The number of aromatic nitrogens is 2. The van der Waals surface area contributed by atoms with Crippen molar-refractivity contribution >= 4 is 5.82 Å². The van der Waals surface area contributed by atoms with Crippen LogP contribution in [0.2, 0.25) is 0 Å². The molecule has 0 aliphatic carbocycles. The van der Waals surface area contributed by atoms with Gasteiger partial charge in [-0.2, -0.15) is 0 Å². The summed E-state index contributed by atoms with van der Waals surface area (Å²) in [5.74, 6) is 0.579. The van der Waals surface area contributed by atoms with Gasteiger partial charge >= 0.3 is 0 Å². The lowest BCUT2D eigenvalue weighted by Gasteiger charge is -2.36. The van der Waals surface area contributed by atoms with E-state index in [0.29, 0.717) is 17.3 Å². The fraction of sp³-hybridized carbons (Fsp3) is 0.778. The smallest absolute Gasteiger partial charge is 0.293 e. The molecule has 4 rings (SSSR count). The lowest BCUT2D eigenvalue weighted by Crippen LogP contribution is -2.50. The van der Waals surface area contributed by atoms with Gasteiger partial charge in [-0.3, -0.25) is 9.69 Å². The van der Waals surface area contributed by atoms with Crippen molar-refractivity contribution in [1.82, 2.24) is 19.8 Å². The number of nitrogens with one attached hydrogen (secondary N) is 1. The molecule has 7 heteroatoms. The Morgan fingerprint density at radius 1 is 1.28 bits per heavy atom. The van der Waals surface area contributed by atoms with E-state index in [-0.39, 0.29) is 5.56 Å². The van der Waals surface area contributed by atoms with Crippen LogP contribution < -0.4 is 15.8 Å². The Bertz CT molecular complexity index is 647. The van der Waals surface area contributed by atoms with Crippen molar-refractivity contribution in [2.24, 2.45) is 12.5 Å². The molecule has 3 aliphatic rings. The Labute approximate surface area is 149 Å². The van der Waals surface area contributed by atoms with Crippen molar-refractivity contribution in [3.63, 3.8) is 0 Å². The first-order valence-electron chi connectivity index (χ1n) is 9.47. The van der Waals surface area contributed by atoms with Crippen molar-refractivity contribution in [3.8, 4) is 0 Å². The molecule has 1 unspecified atom stereocenters. The van der Waals surface area contributed by atoms with Gasteiger partial charge in [0.1, 0.15) is 0 Å². The first-order chi connectivity index (χ1) is 12.2. The van der Waals surface area contributed by atoms with Crippen molar-refractivity contribution in [3.05, 3.63) is 22.7 Å². The molecule has 7 nitrogen and oxygen atoms in total. The minimum atomic E-state index is -0.0112. The van der Waals surface area contributed by atoms with Crippen LogP contribution in [0.5, 0.6) is 0 Å². The minimum Gasteiger partial charge on any atom is -0.376 e. The van der Waals surface area contributed by atoms with Crippen LogP contribution in [-0.4, -0.2) is 73.0 Å². The zero-order chi connectivity index (χ0) is 17.3. The molecule has 3 aliphatic heterocycles. The van der Waals surface area contributed by atoms with Gasteiger partial charge in [-0.1, -0.05) is 0 Å². The summed E-state index contributed by atoms with van der Waals surface area (Å²) >= 11 is 0. The number of anilines is 1. The predicted octanol–water partition coefficient (Wildman–Crippen LogP) is 0.0610. The fourth-order valence-corrected chi connectivity index (χ4v) is 4.45. The number of aryl methyl sites for hydroxylation is 1. The quantitative estimate of drug-likeness (QED) is 0.834. The number of piperazine rings is 1. The largest absolute Gasteiger partial charge is 0.376 e. The van der Waals surface area contributed by atoms with E-state index in [9.17, 15) is 4.79 Å². The summed E-state index contributed by atoms with van der Waals surface area (Å²) in [5, 5.41) is 3.46. The second-order valence-electron chi connectivity index (χ2n) is 7.84. The minimum absolute atomic E-state index is 0.0112. The monoisotopic (exact) mass is 347 g/mol. The van der Waals surface area contributed by atoms with Crippen LogP contribution in [0.25, 0.3) is 0 Å². The van der Waals surface area contributed by atoms with E-state index < -0.39 is 0 Å². The van der Waals surface area contributed by atoms with E-state index in [1.807, 2.05) is 0 Å². The van der Waals surface area contributed by atoms with E-state index >= 15 is 0 Å². The summed E-state index contributed by atoms with van der Waals surface area (Å²) in [5.41, 5.74) is 0.417. The van der Waals surface area contributed by atoms with Gasteiger partial charge in [-0.05, 0) is 37.8 Å². The lowest BCUT2D eigenvalue weighted by molar-refractivity contribution is 0.0600. The maximum atomic E-state index is 12.2. The van der Waals surface area contributed by atoms with Gasteiger partial charge in [0.15, 0.2) is 5.82 Å². The molecular weight excluding hydrogens is 318 g/mol. The predicted molar refractivity (Wildman–Crippen MR) is 97.0 cm³/mol. The van der Waals surface area contributed by atoms with Gasteiger partial charge in [0.25, 0.3) is 5.56 Å². The van der Waals surface area contributed by atoms with Crippen molar-refractivity contribution in [2.75, 3.05) is 57.3 Å². The van der Waals surface area contributed by atoms with Crippen LogP contribution in [0.15, 0.2) is 17.2 Å². The molecule has 0 saturated carbocycles. The molecule has 25 heavy (non-hydrogen) atoms. The highest BCUT2D eigenvalue weighted by atomic mass is 16.5. The normalized spacial score (nSPS) is 27.1. The maximum absolute atomic E-state index is 12.2. The Hall–Kier alpha value is -1.44. The van der Waals surface area contributed by atoms with E-state index in [4.69, 9.17) is 4.74 Å².